The molecule has 0 saturated heterocycles. The number of benzene rings is 3. The van der Waals surface area contributed by atoms with Crippen LogP contribution in [0.1, 0.15) is 27.0 Å². The quantitative estimate of drug-likeness (QED) is 0.514. The molecule has 4 heteroatoms. The van der Waals surface area contributed by atoms with E-state index in [4.69, 9.17) is 4.42 Å². The molecule has 0 aliphatic heterocycles. The number of carbonyl (C=O) groups is 1. The van der Waals surface area contributed by atoms with Crippen molar-refractivity contribution in [2.75, 3.05) is 5.32 Å². The zero-order chi connectivity index (χ0) is 19.0. The third-order valence-corrected chi connectivity index (χ3v) is 4.52. The van der Waals surface area contributed by atoms with E-state index in [9.17, 15) is 4.79 Å². The van der Waals surface area contributed by atoms with Crippen LogP contribution in [0.25, 0.3) is 22.6 Å². The predicted octanol–water partition coefficient (Wildman–Crippen LogP) is 5.67. The average molecular weight is 356 g/mol. The molecule has 134 valence electrons. The summed E-state index contributed by atoms with van der Waals surface area (Å²) in [6.07, 6.45) is 0. The number of rotatable bonds is 3. The number of amides is 1. The fraction of sp³-hybridized carbons (Fsp3) is 0.130. The Morgan fingerprint density at radius 2 is 1.59 bits per heavy atom. The lowest BCUT2D eigenvalue weighted by Gasteiger charge is -2.06. The van der Waals surface area contributed by atoms with Gasteiger partial charge in [0.2, 0.25) is 5.89 Å². The highest BCUT2D eigenvalue weighted by molar-refractivity contribution is 6.04. The molecule has 4 aromatic rings. The zero-order valence-corrected chi connectivity index (χ0v) is 15.5. The van der Waals surface area contributed by atoms with Crippen molar-refractivity contribution in [2.24, 2.45) is 0 Å². The maximum atomic E-state index is 12.3. The smallest absolute Gasteiger partial charge is 0.255 e. The highest BCUT2D eigenvalue weighted by Crippen LogP contribution is 2.28. The lowest BCUT2D eigenvalue weighted by molar-refractivity contribution is 0.102. The minimum Gasteiger partial charge on any atom is -0.436 e. The van der Waals surface area contributed by atoms with Gasteiger partial charge in [-0.05, 0) is 74.4 Å². The van der Waals surface area contributed by atoms with Crippen molar-refractivity contribution >= 4 is 22.7 Å². The molecule has 4 rings (SSSR count). The molecule has 0 bridgehead atoms. The molecule has 0 radical (unpaired) electrons. The second-order valence-electron chi connectivity index (χ2n) is 6.85. The maximum absolute atomic E-state index is 12.3. The molecule has 3 aromatic carbocycles. The van der Waals surface area contributed by atoms with E-state index < -0.39 is 0 Å². The van der Waals surface area contributed by atoms with Crippen molar-refractivity contribution < 1.29 is 9.21 Å². The maximum Gasteiger partial charge on any atom is 0.255 e. The summed E-state index contributed by atoms with van der Waals surface area (Å²) in [5, 5.41) is 2.91. The van der Waals surface area contributed by atoms with Gasteiger partial charge in [-0.25, -0.2) is 4.98 Å². The Morgan fingerprint density at radius 3 is 2.30 bits per heavy atom. The molecule has 4 nitrogen and oxygen atoms in total. The number of hydrogen-bond donors (Lipinski definition) is 1. The SMILES string of the molecule is Cc1ccc(C(=O)Nc2ccc(-c3nc4cc(C)cc(C)c4o3)cc2)cc1. The summed E-state index contributed by atoms with van der Waals surface area (Å²) in [6.45, 7) is 6.07. The topological polar surface area (TPSA) is 55.1 Å². The van der Waals surface area contributed by atoms with Crippen LogP contribution < -0.4 is 5.32 Å². The Balaban J connectivity index is 1.56. The molecule has 27 heavy (non-hydrogen) atoms. The minimum atomic E-state index is -0.129. The Kier molecular flexibility index (Phi) is 4.24. The summed E-state index contributed by atoms with van der Waals surface area (Å²) in [7, 11) is 0. The van der Waals surface area contributed by atoms with Crippen LogP contribution in [0.15, 0.2) is 65.1 Å². The van der Waals surface area contributed by atoms with E-state index in [1.165, 1.54) is 0 Å². The van der Waals surface area contributed by atoms with Gasteiger partial charge in [0.05, 0.1) is 0 Å². The molecule has 0 aliphatic rings. The predicted molar refractivity (Wildman–Crippen MR) is 108 cm³/mol. The lowest BCUT2D eigenvalue weighted by atomic mass is 10.1. The molecule has 0 fully saturated rings. The van der Waals surface area contributed by atoms with Crippen molar-refractivity contribution in [3.05, 3.63) is 82.9 Å². The van der Waals surface area contributed by atoms with Gasteiger partial charge in [-0.15, -0.1) is 0 Å². The van der Waals surface area contributed by atoms with Crippen LogP contribution in [0.2, 0.25) is 0 Å². The number of fused-ring (bicyclic) bond motifs is 1. The second-order valence-corrected chi connectivity index (χ2v) is 6.85. The van der Waals surface area contributed by atoms with Crippen molar-refractivity contribution in [1.82, 2.24) is 4.98 Å². The van der Waals surface area contributed by atoms with E-state index in [0.717, 1.165) is 39.0 Å². The molecular formula is C23H20N2O2. The second kappa shape index (κ2) is 6.72. The zero-order valence-electron chi connectivity index (χ0n) is 15.5. The van der Waals surface area contributed by atoms with Crippen LogP contribution in [0.5, 0.6) is 0 Å². The monoisotopic (exact) mass is 356 g/mol. The van der Waals surface area contributed by atoms with Gasteiger partial charge < -0.3 is 9.73 Å². The third kappa shape index (κ3) is 3.47. The van der Waals surface area contributed by atoms with Gasteiger partial charge in [0.25, 0.3) is 5.91 Å². The number of carbonyl (C=O) groups excluding carboxylic acids is 1. The van der Waals surface area contributed by atoms with E-state index in [1.54, 1.807) is 0 Å². The van der Waals surface area contributed by atoms with E-state index in [0.29, 0.717) is 11.5 Å². The Bertz CT molecular complexity index is 1120. The van der Waals surface area contributed by atoms with E-state index in [2.05, 4.69) is 16.4 Å². The molecule has 0 saturated carbocycles. The molecule has 0 atom stereocenters. The molecule has 1 N–H and O–H groups in total. The highest BCUT2D eigenvalue weighted by atomic mass is 16.3. The van der Waals surface area contributed by atoms with Crippen LogP contribution >= 0.6 is 0 Å². The van der Waals surface area contributed by atoms with Gasteiger partial charge in [0.15, 0.2) is 5.58 Å². The number of nitrogens with one attached hydrogen (secondary N) is 1. The third-order valence-electron chi connectivity index (χ3n) is 4.52. The number of anilines is 1. The van der Waals surface area contributed by atoms with Crippen LogP contribution in [-0.2, 0) is 0 Å². The van der Waals surface area contributed by atoms with E-state index in [1.807, 2.05) is 75.4 Å². The van der Waals surface area contributed by atoms with Crippen LogP contribution in [-0.4, -0.2) is 10.9 Å². The number of aromatic nitrogens is 1. The average Bonchev–Trinajstić information content (AvgIpc) is 3.07. The fourth-order valence-corrected chi connectivity index (χ4v) is 3.10. The summed E-state index contributed by atoms with van der Waals surface area (Å²) in [5.41, 5.74) is 7.27. The fourth-order valence-electron chi connectivity index (χ4n) is 3.10. The molecule has 1 aromatic heterocycles. The number of hydrogen-bond acceptors (Lipinski definition) is 3. The number of oxazole rings is 1. The first-order valence-electron chi connectivity index (χ1n) is 8.86. The lowest BCUT2D eigenvalue weighted by Crippen LogP contribution is -2.11. The standard InChI is InChI=1S/C23H20N2O2/c1-14-4-6-17(7-5-14)22(26)24-19-10-8-18(9-11-19)23-25-20-13-15(2)12-16(3)21(20)27-23/h4-13H,1-3H3,(H,24,26). The van der Waals surface area contributed by atoms with Crippen molar-refractivity contribution in [2.45, 2.75) is 20.8 Å². The Hall–Kier alpha value is -3.40. The summed E-state index contributed by atoms with van der Waals surface area (Å²) >= 11 is 0. The largest absolute Gasteiger partial charge is 0.436 e. The van der Waals surface area contributed by atoms with Gasteiger partial charge in [-0.2, -0.15) is 0 Å². The van der Waals surface area contributed by atoms with Gasteiger partial charge in [-0.1, -0.05) is 23.8 Å². The van der Waals surface area contributed by atoms with E-state index >= 15 is 0 Å². The van der Waals surface area contributed by atoms with E-state index in [-0.39, 0.29) is 5.91 Å². The van der Waals surface area contributed by atoms with Crippen LogP contribution in [0.3, 0.4) is 0 Å². The molecule has 1 heterocycles. The molecule has 0 unspecified atom stereocenters. The summed E-state index contributed by atoms with van der Waals surface area (Å²) in [6, 6.07) is 19.1. The molecule has 0 aliphatic carbocycles. The summed E-state index contributed by atoms with van der Waals surface area (Å²) in [5.74, 6) is 0.450. The van der Waals surface area contributed by atoms with Crippen molar-refractivity contribution in [3.8, 4) is 11.5 Å². The first-order chi connectivity index (χ1) is 13.0. The number of aryl methyl sites for hydroxylation is 3. The first-order valence-corrected chi connectivity index (χ1v) is 8.86. The summed E-state index contributed by atoms with van der Waals surface area (Å²) < 4.78 is 5.94. The van der Waals surface area contributed by atoms with Gasteiger partial charge in [-0.3, -0.25) is 4.79 Å². The van der Waals surface area contributed by atoms with Crippen molar-refractivity contribution in [1.29, 1.82) is 0 Å². The van der Waals surface area contributed by atoms with Crippen molar-refractivity contribution in [3.63, 3.8) is 0 Å². The summed E-state index contributed by atoms with van der Waals surface area (Å²) in [4.78, 5) is 16.9. The number of nitrogens with zero attached hydrogens (tertiary/aromatic N) is 1. The van der Waals surface area contributed by atoms with Gasteiger partial charge in [0.1, 0.15) is 5.52 Å². The molecular weight excluding hydrogens is 336 g/mol. The normalized spacial score (nSPS) is 10.9. The molecule has 1 amide bonds. The highest BCUT2D eigenvalue weighted by Gasteiger charge is 2.11. The Labute approximate surface area is 157 Å². The van der Waals surface area contributed by atoms with Gasteiger partial charge in [0, 0.05) is 16.8 Å². The molecule has 0 spiro atoms. The van der Waals surface area contributed by atoms with Gasteiger partial charge >= 0.3 is 0 Å². The minimum absolute atomic E-state index is 0.129. The van der Waals surface area contributed by atoms with Crippen LogP contribution in [0, 0.1) is 20.8 Å². The van der Waals surface area contributed by atoms with Crippen LogP contribution in [0.4, 0.5) is 5.69 Å². The first kappa shape index (κ1) is 17.0. The Morgan fingerprint density at radius 1 is 0.889 bits per heavy atom.